The van der Waals surface area contributed by atoms with Crippen molar-refractivity contribution < 1.29 is 14.7 Å². The van der Waals surface area contributed by atoms with E-state index in [1.54, 1.807) is 6.07 Å². The van der Waals surface area contributed by atoms with Gasteiger partial charge in [-0.05, 0) is 185 Å². The number of aryl methyl sites for hydroxylation is 1. The van der Waals surface area contributed by atoms with Crippen LogP contribution in [0.5, 0.6) is 0 Å². The molecule has 3 N–H and O–H groups in total. The normalized spacial score (nSPS) is 13.8. The molecule has 0 saturated carbocycles. The molecule has 0 fully saturated rings. The summed E-state index contributed by atoms with van der Waals surface area (Å²) in [5.74, 6) is 0. The molecule has 5 aromatic rings. The predicted octanol–water partition coefficient (Wildman–Crippen LogP) is 16.1. The van der Waals surface area contributed by atoms with E-state index in [0.29, 0.717) is 0 Å². The Labute approximate surface area is 372 Å². The zero-order chi connectivity index (χ0) is 46.1. The molecule has 0 aromatic heterocycles. The van der Waals surface area contributed by atoms with Gasteiger partial charge in [-0.15, -0.1) is 0 Å². The van der Waals surface area contributed by atoms with Crippen molar-refractivity contribution in [3.05, 3.63) is 99.6 Å². The Balaban J connectivity index is 2.14. The summed E-state index contributed by atoms with van der Waals surface area (Å²) in [4.78, 5) is 34.8. The van der Waals surface area contributed by atoms with Gasteiger partial charge < -0.3 is 0 Å². The SMILES string of the molecule is CCC(C)(C)c1cc(C(C)(C)CC)c2cc(-c3c(C)ccc([P+](O)(O)O)c3-c3cc4c(C(C)(C)CC)cc(C(C)(C)CC)cc4cc3C(C)(C)CC)c(C(C)(C)CC)cc2c1. The Kier molecular flexibility index (Phi) is 13.5. The highest BCUT2D eigenvalue weighted by Gasteiger charge is 2.42. The Morgan fingerprint density at radius 3 is 1.05 bits per heavy atom. The van der Waals surface area contributed by atoms with Gasteiger partial charge in [0.15, 0.2) is 5.30 Å². The van der Waals surface area contributed by atoms with Crippen molar-refractivity contribution in [3.8, 4) is 22.3 Å². The van der Waals surface area contributed by atoms with E-state index in [0.717, 1.165) is 71.9 Å². The molecule has 0 heterocycles. The first-order valence-corrected chi connectivity index (χ1v) is 25.1. The summed E-state index contributed by atoms with van der Waals surface area (Å²) in [6.45, 7) is 43.9. The molecule has 5 rings (SSSR count). The summed E-state index contributed by atoms with van der Waals surface area (Å²) in [6.07, 6.45) is 5.81. The molecule has 0 amide bonds. The van der Waals surface area contributed by atoms with Crippen molar-refractivity contribution in [3.63, 3.8) is 0 Å². The summed E-state index contributed by atoms with van der Waals surface area (Å²) in [7, 11) is -4.54. The molecule has 0 bridgehead atoms. The first kappa shape index (κ1) is 49.0. The largest absolute Gasteiger partial charge is 0.441 e. The average Bonchev–Trinajstić information content (AvgIpc) is 3.20. The Hall–Kier alpha value is -3.07. The van der Waals surface area contributed by atoms with Gasteiger partial charge in [-0.25, -0.2) is 0 Å². The van der Waals surface area contributed by atoms with Gasteiger partial charge in [0.05, 0.1) is 0 Å². The molecule has 0 unspecified atom stereocenters. The molecular weight excluding hydrogens is 764 g/mol. The van der Waals surface area contributed by atoms with E-state index in [1.807, 2.05) is 6.07 Å². The molecule has 0 aliphatic heterocycles. The van der Waals surface area contributed by atoms with E-state index in [1.165, 1.54) is 49.4 Å². The standard InChI is InChI=1S/C57H82O3P/c1-20-52(8,9)39-28-37-30-45(54(12,13)22-3)43(34-41(37)47(32-39)56(16,17)24-5)50-36(7)26-27-49(61(58,59)60)51(50)44-35-42-38(31-46(44)55(14,15)23-4)29-40(53(10,11)21-2)33-48(42)57(18,19)25-6/h26-35,58-60H,20-25H2,1-19H3/q+1. The minimum atomic E-state index is -4.54. The molecule has 0 saturated heterocycles. The lowest BCUT2D eigenvalue weighted by Crippen LogP contribution is -2.23. The molecule has 0 aliphatic carbocycles. The van der Waals surface area contributed by atoms with Crippen molar-refractivity contribution in [2.24, 2.45) is 0 Å². The second kappa shape index (κ2) is 16.8. The van der Waals surface area contributed by atoms with Gasteiger partial charge in [-0.3, -0.25) is 0 Å². The number of fused-ring (bicyclic) bond motifs is 2. The van der Waals surface area contributed by atoms with Gasteiger partial charge in [0.2, 0.25) is 0 Å². The molecule has 4 heteroatoms. The van der Waals surface area contributed by atoms with Crippen molar-refractivity contribution in [2.75, 3.05) is 0 Å². The van der Waals surface area contributed by atoms with Crippen LogP contribution in [0.25, 0.3) is 43.8 Å². The highest BCUT2D eigenvalue weighted by Crippen LogP contribution is 2.54. The van der Waals surface area contributed by atoms with E-state index < -0.39 is 7.94 Å². The maximum absolute atomic E-state index is 11.6. The van der Waals surface area contributed by atoms with E-state index >= 15 is 0 Å². The zero-order valence-corrected chi connectivity index (χ0v) is 42.7. The van der Waals surface area contributed by atoms with Crippen LogP contribution in [-0.2, 0) is 32.5 Å². The minimum absolute atomic E-state index is 0.00564. The topological polar surface area (TPSA) is 60.7 Å². The lowest BCUT2D eigenvalue weighted by atomic mass is 9.70. The van der Waals surface area contributed by atoms with Crippen LogP contribution in [0.2, 0.25) is 0 Å². The second-order valence-electron chi connectivity index (χ2n) is 22.4. The van der Waals surface area contributed by atoms with Crippen molar-refractivity contribution in [1.82, 2.24) is 0 Å². The molecule has 0 radical (unpaired) electrons. The average molecular weight is 846 g/mol. The smallest absolute Gasteiger partial charge is 0.189 e. The highest BCUT2D eigenvalue weighted by molar-refractivity contribution is 7.67. The van der Waals surface area contributed by atoms with Crippen LogP contribution < -0.4 is 5.30 Å². The van der Waals surface area contributed by atoms with Crippen LogP contribution in [-0.4, -0.2) is 14.7 Å². The maximum Gasteiger partial charge on any atom is 0.441 e. The molecule has 0 spiro atoms. The van der Waals surface area contributed by atoms with Gasteiger partial charge in [0, 0.05) is 5.56 Å². The Bertz CT molecular complexity index is 2430. The minimum Gasteiger partial charge on any atom is -0.189 e. The summed E-state index contributed by atoms with van der Waals surface area (Å²) in [5.41, 5.74) is 11.8. The third-order valence-electron chi connectivity index (χ3n) is 16.2. The zero-order valence-electron chi connectivity index (χ0n) is 41.8. The molecule has 61 heavy (non-hydrogen) atoms. The van der Waals surface area contributed by atoms with E-state index in [-0.39, 0.29) is 37.8 Å². The first-order chi connectivity index (χ1) is 28.0. The monoisotopic (exact) mass is 846 g/mol. The molecule has 3 nitrogen and oxygen atoms in total. The van der Waals surface area contributed by atoms with Crippen molar-refractivity contribution in [1.29, 1.82) is 0 Å². The van der Waals surface area contributed by atoms with Crippen LogP contribution in [0.1, 0.15) is 202 Å². The summed E-state index contributed by atoms with van der Waals surface area (Å²) in [6, 6.07) is 23.1. The predicted molar refractivity (Wildman–Crippen MR) is 270 cm³/mol. The van der Waals surface area contributed by atoms with E-state index in [9.17, 15) is 14.7 Å². The molecule has 0 atom stereocenters. The van der Waals surface area contributed by atoms with Crippen LogP contribution in [0.4, 0.5) is 0 Å². The van der Waals surface area contributed by atoms with Crippen molar-refractivity contribution in [2.45, 2.75) is 203 Å². The van der Waals surface area contributed by atoms with Crippen molar-refractivity contribution >= 4 is 34.8 Å². The van der Waals surface area contributed by atoms with Crippen LogP contribution in [0, 0.1) is 6.92 Å². The fourth-order valence-corrected chi connectivity index (χ4v) is 9.80. The molecular formula is C57H82O3P+. The molecule has 0 aliphatic rings. The Morgan fingerprint density at radius 1 is 0.393 bits per heavy atom. The third kappa shape index (κ3) is 9.03. The van der Waals surface area contributed by atoms with Gasteiger partial charge >= 0.3 is 7.94 Å². The van der Waals surface area contributed by atoms with E-state index in [2.05, 4.69) is 180 Å². The van der Waals surface area contributed by atoms with Gasteiger partial charge in [0.1, 0.15) is 0 Å². The quantitative estimate of drug-likeness (QED) is 0.0920. The molecule has 5 aromatic carbocycles. The number of hydrogen-bond acceptors (Lipinski definition) is 3. The fourth-order valence-electron chi connectivity index (χ4n) is 8.99. The lowest BCUT2D eigenvalue weighted by Gasteiger charge is -2.34. The summed E-state index contributed by atoms with van der Waals surface area (Å²) in [5, 5.41) is 5.06. The second-order valence-corrected chi connectivity index (χ2v) is 24.0. The fraction of sp³-hybridized carbons (Fsp3) is 0.544. The maximum atomic E-state index is 11.6. The Morgan fingerprint density at radius 2 is 0.721 bits per heavy atom. The summed E-state index contributed by atoms with van der Waals surface area (Å²) >= 11 is 0. The third-order valence-corrected chi connectivity index (χ3v) is 17.2. The van der Waals surface area contributed by atoms with Crippen LogP contribution in [0.15, 0.2) is 60.7 Å². The number of rotatable bonds is 15. The van der Waals surface area contributed by atoms with Gasteiger partial charge in [0.25, 0.3) is 0 Å². The van der Waals surface area contributed by atoms with E-state index in [4.69, 9.17) is 0 Å². The summed E-state index contributed by atoms with van der Waals surface area (Å²) < 4.78 is 0. The molecule has 332 valence electrons. The van der Waals surface area contributed by atoms with Gasteiger partial charge in [-0.1, -0.05) is 155 Å². The highest BCUT2D eigenvalue weighted by atomic mass is 31.2. The van der Waals surface area contributed by atoms with Crippen LogP contribution >= 0.6 is 7.94 Å². The first-order valence-electron chi connectivity index (χ1n) is 23.5. The van der Waals surface area contributed by atoms with Gasteiger partial charge in [-0.2, -0.15) is 14.7 Å². The van der Waals surface area contributed by atoms with Crippen LogP contribution in [0.3, 0.4) is 0 Å². The number of hydrogen-bond donors (Lipinski definition) is 3. The number of benzene rings is 5. The lowest BCUT2D eigenvalue weighted by molar-refractivity contribution is 0.347.